The van der Waals surface area contributed by atoms with Crippen molar-refractivity contribution in [2.24, 2.45) is 12.8 Å². The lowest BCUT2D eigenvalue weighted by Crippen LogP contribution is -2.10. The molecule has 0 bridgehead atoms. The molecule has 4 heteroatoms. The first-order valence-electron chi connectivity index (χ1n) is 5.55. The zero-order valence-electron chi connectivity index (χ0n) is 10.5. The quantitative estimate of drug-likeness (QED) is 0.924. The minimum atomic E-state index is -0.00725. The van der Waals surface area contributed by atoms with Crippen molar-refractivity contribution in [3.63, 3.8) is 0 Å². The van der Waals surface area contributed by atoms with Crippen LogP contribution in [0.5, 0.6) is 5.75 Å². The summed E-state index contributed by atoms with van der Waals surface area (Å²) >= 11 is 3.64. The molecule has 1 atom stereocenters. The van der Waals surface area contributed by atoms with Gasteiger partial charge in [-0.15, -0.1) is 0 Å². The van der Waals surface area contributed by atoms with Gasteiger partial charge >= 0.3 is 0 Å². The standard InChI is InChI=1S/C13H17BrN2O/c1-7-5-9(17-4)6-10-11(14)13(8(2)15)16(3)12(7)10/h5-6,8H,15H2,1-4H3. The molecule has 0 saturated carbocycles. The highest BCUT2D eigenvalue weighted by Crippen LogP contribution is 2.37. The van der Waals surface area contributed by atoms with Gasteiger partial charge < -0.3 is 15.0 Å². The zero-order valence-corrected chi connectivity index (χ0v) is 12.1. The van der Waals surface area contributed by atoms with Crippen molar-refractivity contribution in [1.29, 1.82) is 0 Å². The summed E-state index contributed by atoms with van der Waals surface area (Å²) in [6.45, 7) is 4.08. The average molecular weight is 297 g/mol. The Labute approximate surface area is 110 Å². The first-order valence-corrected chi connectivity index (χ1v) is 6.34. The van der Waals surface area contributed by atoms with Crippen molar-refractivity contribution in [1.82, 2.24) is 4.57 Å². The summed E-state index contributed by atoms with van der Waals surface area (Å²) in [7, 11) is 3.73. The summed E-state index contributed by atoms with van der Waals surface area (Å²) in [6, 6.07) is 4.07. The fourth-order valence-corrected chi connectivity index (χ4v) is 3.32. The first kappa shape index (κ1) is 12.5. The van der Waals surface area contributed by atoms with Crippen LogP contribution in [0.1, 0.15) is 24.2 Å². The van der Waals surface area contributed by atoms with Crippen molar-refractivity contribution in [3.8, 4) is 5.75 Å². The highest BCUT2D eigenvalue weighted by atomic mass is 79.9. The van der Waals surface area contributed by atoms with Crippen LogP contribution in [0.4, 0.5) is 0 Å². The van der Waals surface area contributed by atoms with E-state index in [1.54, 1.807) is 7.11 Å². The maximum atomic E-state index is 6.02. The van der Waals surface area contributed by atoms with Crippen LogP contribution in [-0.2, 0) is 7.05 Å². The van der Waals surface area contributed by atoms with Gasteiger partial charge in [0, 0.05) is 28.6 Å². The lowest BCUT2D eigenvalue weighted by Gasteiger charge is -2.09. The van der Waals surface area contributed by atoms with Crippen molar-refractivity contribution in [2.75, 3.05) is 7.11 Å². The van der Waals surface area contributed by atoms with Gasteiger partial charge in [-0.25, -0.2) is 0 Å². The molecule has 2 rings (SSSR count). The van der Waals surface area contributed by atoms with Crippen LogP contribution in [0.3, 0.4) is 0 Å². The largest absolute Gasteiger partial charge is 0.497 e. The number of rotatable bonds is 2. The van der Waals surface area contributed by atoms with E-state index < -0.39 is 0 Å². The number of halogens is 1. The Balaban J connectivity index is 2.87. The number of methoxy groups -OCH3 is 1. The molecular weight excluding hydrogens is 280 g/mol. The van der Waals surface area contributed by atoms with E-state index in [-0.39, 0.29) is 6.04 Å². The van der Waals surface area contributed by atoms with Crippen LogP contribution in [0.2, 0.25) is 0 Å². The maximum absolute atomic E-state index is 6.02. The van der Waals surface area contributed by atoms with E-state index in [9.17, 15) is 0 Å². The number of ether oxygens (including phenoxy) is 1. The molecule has 0 saturated heterocycles. The molecular formula is C13H17BrN2O. The topological polar surface area (TPSA) is 40.2 Å². The van der Waals surface area contributed by atoms with Crippen LogP contribution in [0.25, 0.3) is 10.9 Å². The molecule has 0 spiro atoms. The monoisotopic (exact) mass is 296 g/mol. The van der Waals surface area contributed by atoms with Crippen molar-refractivity contribution in [3.05, 3.63) is 27.9 Å². The number of nitrogens with two attached hydrogens (primary N) is 1. The average Bonchev–Trinajstić information content (AvgIpc) is 2.51. The summed E-state index contributed by atoms with van der Waals surface area (Å²) in [5, 5.41) is 1.15. The van der Waals surface area contributed by atoms with E-state index in [0.29, 0.717) is 0 Å². The minimum absolute atomic E-state index is 0.00725. The molecule has 1 unspecified atom stereocenters. The SMILES string of the molecule is COc1cc(C)c2c(c1)c(Br)c(C(C)N)n2C. The molecule has 2 N–H and O–H groups in total. The molecule has 1 heterocycles. The summed E-state index contributed by atoms with van der Waals surface area (Å²) in [5.41, 5.74) is 9.51. The van der Waals surface area contributed by atoms with E-state index >= 15 is 0 Å². The van der Waals surface area contributed by atoms with Crippen LogP contribution in [0, 0.1) is 6.92 Å². The molecule has 92 valence electrons. The molecule has 0 radical (unpaired) electrons. The minimum Gasteiger partial charge on any atom is -0.497 e. The zero-order chi connectivity index (χ0) is 12.7. The Morgan fingerprint density at radius 1 is 1.41 bits per heavy atom. The van der Waals surface area contributed by atoms with Crippen LogP contribution >= 0.6 is 15.9 Å². The third-order valence-corrected chi connectivity index (χ3v) is 3.93. The molecule has 17 heavy (non-hydrogen) atoms. The van der Waals surface area contributed by atoms with Gasteiger partial charge in [-0.2, -0.15) is 0 Å². The van der Waals surface area contributed by atoms with Crippen molar-refractivity contribution in [2.45, 2.75) is 19.9 Å². The van der Waals surface area contributed by atoms with E-state index in [0.717, 1.165) is 21.3 Å². The number of hydrogen-bond acceptors (Lipinski definition) is 2. The van der Waals surface area contributed by atoms with Crippen molar-refractivity contribution >= 4 is 26.8 Å². The normalized spacial score (nSPS) is 13.1. The van der Waals surface area contributed by atoms with E-state index in [2.05, 4.69) is 27.4 Å². The van der Waals surface area contributed by atoms with Gasteiger partial charge in [-0.1, -0.05) is 0 Å². The Kier molecular flexibility index (Phi) is 3.19. The lowest BCUT2D eigenvalue weighted by atomic mass is 10.1. The van der Waals surface area contributed by atoms with E-state index in [4.69, 9.17) is 10.5 Å². The molecule has 0 fully saturated rings. The second-order valence-electron chi connectivity index (χ2n) is 4.39. The highest BCUT2D eigenvalue weighted by molar-refractivity contribution is 9.10. The number of hydrogen-bond donors (Lipinski definition) is 1. The van der Waals surface area contributed by atoms with Gasteiger partial charge in [-0.05, 0) is 47.5 Å². The lowest BCUT2D eigenvalue weighted by molar-refractivity contribution is 0.415. The molecule has 0 aliphatic carbocycles. The van der Waals surface area contributed by atoms with Crippen LogP contribution in [0.15, 0.2) is 16.6 Å². The molecule has 3 nitrogen and oxygen atoms in total. The summed E-state index contributed by atoms with van der Waals surface area (Å²) in [4.78, 5) is 0. The van der Waals surface area contributed by atoms with Crippen molar-refractivity contribution < 1.29 is 4.74 Å². The first-order chi connectivity index (χ1) is 7.97. The number of nitrogens with zero attached hydrogens (tertiary/aromatic N) is 1. The number of aryl methyl sites for hydroxylation is 2. The second-order valence-corrected chi connectivity index (χ2v) is 5.18. The molecule has 1 aromatic heterocycles. The highest BCUT2D eigenvalue weighted by Gasteiger charge is 2.18. The molecule has 1 aromatic carbocycles. The Morgan fingerprint density at radius 3 is 2.59 bits per heavy atom. The van der Waals surface area contributed by atoms with Gasteiger partial charge in [-0.3, -0.25) is 0 Å². The predicted molar refractivity (Wildman–Crippen MR) is 74.5 cm³/mol. The molecule has 0 aliphatic rings. The van der Waals surface area contributed by atoms with Gasteiger partial charge in [0.15, 0.2) is 0 Å². The number of aromatic nitrogens is 1. The maximum Gasteiger partial charge on any atom is 0.119 e. The van der Waals surface area contributed by atoms with Gasteiger partial charge in [0.1, 0.15) is 5.75 Å². The smallest absolute Gasteiger partial charge is 0.119 e. The summed E-state index contributed by atoms with van der Waals surface area (Å²) < 4.78 is 8.52. The third kappa shape index (κ3) is 1.85. The van der Waals surface area contributed by atoms with E-state index in [1.165, 1.54) is 11.1 Å². The van der Waals surface area contributed by atoms with Gasteiger partial charge in [0.25, 0.3) is 0 Å². The second kappa shape index (κ2) is 4.35. The Bertz CT molecular complexity index is 573. The predicted octanol–water partition coefficient (Wildman–Crippen LogP) is 3.28. The third-order valence-electron chi connectivity index (χ3n) is 3.10. The summed E-state index contributed by atoms with van der Waals surface area (Å²) in [5.74, 6) is 0.873. The van der Waals surface area contributed by atoms with Gasteiger partial charge in [0.05, 0.1) is 12.6 Å². The Hall–Kier alpha value is -1.00. The molecule has 0 aliphatic heterocycles. The number of fused-ring (bicyclic) bond motifs is 1. The van der Waals surface area contributed by atoms with Crippen LogP contribution in [-0.4, -0.2) is 11.7 Å². The molecule has 0 amide bonds. The fourth-order valence-electron chi connectivity index (χ4n) is 2.39. The van der Waals surface area contributed by atoms with Gasteiger partial charge in [0.2, 0.25) is 0 Å². The summed E-state index contributed by atoms with van der Waals surface area (Å²) in [6.07, 6.45) is 0. The molecule has 2 aromatic rings. The fraction of sp³-hybridized carbons (Fsp3) is 0.385. The number of benzene rings is 1. The Morgan fingerprint density at radius 2 is 2.06 bits per heavy atom. The van der Waals surface area contributed by atoms with E-state index in [1.807, 2.05) is 26.1 Å². The van der Waals surface area contributed by atoms with Crippen LogP contribution < -0.4 is 10.5 Å².